The van der Waals surface area contributed by atoms with E-state index < -0.39 is 0 Å². The van der Waals surface area contributed by atoms with Crippen LogP contribution in [0.4, 0.5) is 4.39 Å². The van der Waals surface area contributed by atoms with Crippen molar-refractivity contribution in [2.45, 2.75) is 6.92 Å². The third kappa shape index (κ3) is 2.39. The second-order valence-electron chi connectivity index (χ2n) is 6.29. The van der Waals surface area contributed by atoms with Crippen molar-refractivity contribution in [2.75, 3.05) is 14.2 Å². The van der Waals surface area contributed by atoms with Gasteiger partial charge in [0.05, 0.1) is 14.2 Å². The molecule has 0 aliphatic rings. The van der Waals surface area contributed by atoms with Crippen LogP contribution in [0, 0.1) is 12.7 Å². The largest absolute Gasteiger partial charge is 0.496 e. The average Bonchev–Trinajstić information content (AvgIpc) is 2.68. The lowest BCUT2D eigenvalue weighted by molar-refractivity contribution is 0.388. The van der Waals surface area contributed by atoms with Crippen molar-refractivity contribution in [1.29, 1.82) is 0 Å². The average molecular weight is 346 g/mol. The molecule has 0 aliphatic heterocycles. The number of fused-ring (bicyclic) bond motifs is 2. The van der Waals surface area contributed by atoms with E-state index in [0.29, 0.717) is 5.56 Å². The molecule has 4 aromatic rings. The predicted octanol–water partition coefficient (Wildman–Crippen LogP) is 6.12. The Morgan fingerprint density at radius 2 is 1.19 bits per heavy atom. The maximum absolute atomic E-state index is 15.5. The van der Waals surface area contributed by atoms with Crippen molar-refractivity contribution in [3.05, 3.63) is 72.0 Å². The smallest absolute Gasteiger partial charge is 0.173 e. The number of rotatable bonds is 3. The van der Waals surface area contributed by atoms with E-state index in [1.807, 2.05) is 61.5 Å². The molecule has 0 bridgehead atoms. The van der Waals surface area contributed by atoms with Gasteiger partial charge in [-0.05, 0) is 51.7 Å². The summed E-state index contributed by atoms with van der Waals surface area (Å²) in [5.74, 6) is 0.628. The molecule has 0 saturated carbocycles. The van der Waals surface area contributed by atoms with Gasteiger partial charge in [-0.1, -0.05) is 48.5 Å². The quantitative estimate of drug-likeness (QED) is 0.444. The second kappa shape index (κ2) is 6.34. The molecule has 0 N–H and O–H groups in total. The topological polar surface area (TPSA) is 18.5 Å². The number of benzene rings is 4. The van der Waals surface area contributed by atoms with Crippen LogP contribution in [-0.4, -0.2) is 14.2 Å². The van der Waals surface area contributed by atoms with Gasteiger partial charge in [-0.2, -0.15) is 0 Å². The highest BCUT2D eigenvalue weighted by Gasteiger charge is 2.21. The Bertz CT molecular complexity index is 1040. The summed E-state index contributed by atoms with van der Waals surface area (Å²) in [6.45, 7) is 1.97. The molecule has 130 valence electrons. The summed E-state index contributed by atoms with van der Waals surface area (Å²) in [5.41, 5.74) is 2.30. The Balaban J connectivity index is 2.24. The Kier molecular flexibility index (Phi) is 4.00. The lowest BCUT2D eigenvalue weighted by atomic mass is 9.89. The third-order valence-electron chi connectivity index (χ3n) is 4.90. The van der Waals surface area contributed by atoms with Crippen molar-refractivity contribution < 1.29 is 13.9 Å². The first-order chi connectivity index (χ1) is 12.7. The fourth-order valence-electron chi connectivity index (χ4n) is 3.65. The number of hydrogen-bond donors (Lipinski definition) is 0. The zero-order valence-electron chi connectivity index (χ0n) is 15.0. The summed E-state index contributed by atoms with van der Waals surface area (Å²) in [6.07, 6.45) is 0. The van der Waals surface area contributed by atoms with Gasteiger partial charge in [0, 0.05) is 5.56 Å². The van der Waals surface area contributed by atoms with Gasteiger partial charge in [0.1, 0.15) is 5.75 Å². The van der Waals surface area contributed by atoms with Gasteiger partial charge in [0.15, 0.2) is 11.6 Å². The normalized spacial score (nSPS) is 11.1. The van der Waals surface area contributed by atoms with Gasteiger partial charge in [0.2, 0.25) is 0 Å². The van der Waals surface area contributed by atoms with E-state index in [2.05, 4.69) is 0 Å². The van der Waals surface area contributed by atoms with E-state index in [1.165, 1.54) is 7.11 Å². The molecule has 0 aromatic heterocycles. The molecule has 0 saturated heterocycles. The van der Waals surface area contributed by atoms with E-state index >= 15 is 4.39 Å². The van der Waals surface area contributed by atoms with Crippen LogP contribution >= 0.6 is 0 Å². The minimum Gasteiger partial charge on any atom is -0.496 e. The Labute approximate surface area is 151 Å². The zero-order valence-corrected chi connectivity index (χ0v) is 15.0. The monoisotopic (exact) mass is 346 g/mol. The summed E-state index contributed by atoms with van der Waals surface area (Å²) in [4.78, 5) is 0. The maximum atomic E-state index is 15.5. The van der Waals surface area contributed by atoms with Gasteiger partial charge in [0.25, 0.3) is 0 Å². The fourth-order valence-corrected chi connectivity index (χ4v) is 3.65. The number of ether oxygens (including phenoxy) is 2. The van der Waals surface area contributed by atoms with E-state index in [1.54, 1.807) is 13.2 Å². The third-order valence-corrected chi connectivity index (χ3v) is 4.90. The highest BCUT2D eigenvalue weighted by molar-refractivity contribution is 6.08. The molecule has 0 amide bonds. The van der Waals surface area contributed by atoms with Crippen LogP contribution < -0.4 is 9.47 Å². The zero-order chi connectivity index (χ0) is 18.3. The summed E-state index contributed by atoms with van der Waals surface area (Å²) in [5, 5.41) is 3.79. The molecule has 0 spiro atoms. The van der Waals surface area contributed by atoms with Crippen LogP contribution in [-0.2, 0) is 0 Å². The molecule has 26 heavy (non-hydrogen) atoms. The maximum Gasteiger partial charge on any atom is 0.173 e. The molecule has 0 fully saturated rings. The van der Waals surface area contributed by atoms with Crippen molar-refractivity contribution >= 4 is 21.5 Å². The number of hydrogen-bond acceptors (Lipinski definition) is 2. The van der Waals surface area contributed by atoms with Crippen LogP contribution in [0.3, 0.4) is 0 Å². The summed E-state index contributed by atoms with van der Waals surface area (Å²) in [7, 11) is 3.13. The lowest BCUT2D eigenvalue weighted by Crippen LogP contribution is -1.98. The van der Waals surface area contributed by atoms with Gasteiger partial charge in [-0.3, -0.25) is 0 Å². The molecule has 0 atom stereocenters. The van der Waals surface area contributed by atoms with Gasteiger partial charge < -0.3 is 9.47 Å². The molecule has 2 nitrogen and oxygen atoms in total. The van der Waals surface area contributed by atoms with Crippen molar-refractivity contribution in [3.63, 3.8) is 0 Å². The first kappa shape index (κ1) is 16.4. The van der Waals surface area contributed by atoms with Gasteiger partial charge in [-0.15, -0.1) is 0 Å². The SMILES string of the molecule is COc1cc2ccccc2c(-c2c(F)c(OC)cc3ccccc23)c1C. The van der Waals surface area contributed by atoms with Crippen LogP contribution in [0.15, 0.2) is 60.7 Å². The Morgan fingerprint density at radius 1 is 0.692 bits per heavy atom. The van der Waals surface area contributed by atoms with Crippen LogP contribution in [0.2, 0.25) is 0 Å². The van der Waals surface area contributed by atoms with E-state index in [-0.39, 0.29) is 11.6 Å². The van der Waals surface area contributed by atoms with Crippen LogP contribution in [0.25, 0.3) is 32.7 Å². The lowest BCUT2D eigenvalue weighted by Gasteiger charge is -2.18. The van der Waals surface area contributed by atoms with E-state index in [0.717, 1.165) is 38.4 Å². The minimum absolute atomic E-state index is 0.241. The van der Waals surface area contributed by atoms with E-state index in [4.69, 9.17) is 9.47 Å². The van der Waals surface area contributed by atoms with Crippen molar-refractivity contribution in [1.82, 2.24) is 0 Å². The molecule has 4 rings (SSSR count). The van der Waals surface area contributed by atoms with Crippen molar-refractivity contribution in [2.24, 2.45) is 0 Å². The molecule has 0 aliphatic carbocycles. The molecule has 3 heteroatoms. The summed E-state index contributed by atoms with van der Waals surface area (Å²) < 4.78 is 26.4. The number of methoxy groups -OCH3 is 2. The molecular weight excluding hydrogens is 327 g/mol. The number of halogens is 1. The molecule has 4 aromatic carbocycles. The molecule has 0 unspecified atom stereocenters. The van der Waals surface area contributed by atoms with E-state index in [9.17, 15) is 0 Å². The van der Waals surface area contributed by atoms with Crippen LogP contribution in [0.5, 0.6) is 11.5 Å². The molecule has 0 radical (unpaired) electrons. The first-order valence-electron chi connectivity index (χ1n) is 8.47. The fraction of sp³-hybridized carbons (Fsp3) is 0.130. The first-order valence-corrected chi connectivity index (χ1v) is 8.47. The molecule has 0 heterocycles. The summed E-state index contributed by atoms with van der Waals surface area (Å²) in [6, 6.07) is 19.5. The highest BCUT2D eigenvalue weighted by atomic mass is 19.1. The van der Waals surface area contributed by atoms with Crippen LogP contribution in [0.1, 0.15) is 5.56 Å². The van der Waals surface area contributed by atoms with Crippen molar-refractivity contribution in [3.8, 4) is 22.6 Å². The standard InChI is InChI=1S/C23H19FO2/c1-14-19(25-2)12-15-8-4-6-10-17(15)21(14)22-18-11-7-5-9-16(18)13-20(26-3)23(22)24/h4-13H,1-3H3. The second-order valence-corrected chi connectivity index (χ2v) is 6.29. The van der Waals surface area contributed by atoms with Gasteiger partial charge in [-0.25, -0.2) is 4.39 Å². The highest BCUT2D eigenvalue weighted by Crippen LogP contribution is 2.44. The Hall–Kier alpha value is -3.07. The summed E-state index contributed by atoms with van der Waals surface area (Å²) >= 11 is 0. The minimum atomic E-state index is -0.354. The Morgan fingerprint density at radius 3 is 1.77 bits per heavy atom. The predicted molar refractivity (Wildman–Crippen MR) is 105 cm³/mol. The van der Waals surface area contributed by atoms with Gasteiger partial charge >= 0.3 is 0 Å². The molecular formula is C23H19FO2.